The minimum absolute atomic E-state index is 0.961. The third kappa shape index (κ3) is 1.13. The molecule has 8 heavy (non-hydrogen) atoms. The molecule has 0 unspecified atom stereocenters. The first-order chi connectivity index (χ1) is 3.93. The summed E-state index contributed by atoms with van der Waals surface area (Å²) in [5, 5.41) is 0. The van der Waals surface area contributed by atoms with E-state index < -0.39 is 0 Å². The largest absolute Gasteiger partial charge is 0.332 e. The molecular formula is C5H6N2S. The molecule has 0 saturated heterocycles. The van der Waals surface area contributed by atoms with Gasteiger partial charge < -0.3 is 4.72 Å². The maximum absolute atomic E-state index is 3.83. The lowest BCUT2D eigenvalue weighted by molar-refractivity contribution is 1.33. The molecule has 0 fully saturated rings. The van der Waals surface area contributed by atoms with Gasteiger partial charge in [-0.25, -0.2) is 0 Å². The van der Waals surface area contributed by atoms with Gasteiger partial charge in [-0.3, -0.25) is 4.98 Å². The number of anilines is 1. The van der Waals surface area contributed by atoms with Crippen LogP contribution in [0.2, 0.25) is 0 Å². The van der Waals surface area contributed by atoms with Crippen molar-refractivity contribution in [2.75, 3.05) is 4.72 Å². The first-order valence-corrected chi connectivity index (χ1v) is 2.68. The van der Waals surface area contributed by atoms with Gasteiger partial charge in [0.1, 0.15) is 0 Å². The molecule has 42 valence electrons. The van der Waals surface area contributed by atoms with Crippen LogP contribution in [0.5, 0.6) is 0 Å². The maximum Gasteiger partial charge on any atom is 0.0468 e. The van der Waals surface area contributed by atoms with Crippen LogP contribution in [0.15, 0.2) is 24.5 Å². The van der Waals surface area contributed by atoms with Crippen molar-refractivity contribution < 1.29 is 0 Å². The van der Waals surface area contributed by atoms with E-state index in [0.29, 0.717) is 0 Å². The summed E-state index contributed by atoms with van der Waals surface area (Å²) in [6.45, 7) is 0. The average molecular weight is 126 g/mol. The van der Waals surface area contributed by atoms with Crippen molar-refractivity contribution in [1.82, 2.24) is 4.98 Å². The third-order valence-electron chi connectivity index (χ3n) is 0.809. The molecule has 0 aliphatic heterocycles. The molecule has 0 spiro atoms. The van der Waals surface area contributed by atoms with Crippen molar-refractivity contribution in [3.8, 4) is 0 Å². The number of hydrogen-bond donors (Lipinski definition) is 2. The lowest BCUT2D eigenvalue weighted by atomic mass is 10.4. The van der Waals surface area contributed by atoms with Crippen LogP contribution in [-0.2, 0) is 0 Å². The van der Waals surface area contributed by atoms with Gasteiger partial charge in [-0.15, -0.1) is 0 Å². The Balaban J connectivity index is 2.83. The van der Waals surface area contributed by atoms with E-state index in [0.717, 1.165) is 5.69 Å². The summed E-state index contributed by atoms with van der Waals surface area (Å²) in [5.74, 6) is 0. The van der Waals surface area contributed by atoms with Crippen LogP contribution in [0.25, 0.3) is 0 Å². The number of nitrogens with zero attached hydrogens (tertiary/aromatic N) is 1. The molecular weight excluding hydrogens is 120 g/mol. The van der Waals surface area contributed by atoms with E-state index in [4.69, 9.17) is 0 Å². The zero-order valence-corrected chi connectivity index (χ0v) is 5.10. The highest BCUT2D eigenvalue weighted by atomic mass is 32.1. The van der Waals surface area contributed by atoms with Gasteiger partial charge in [-0.05, 0) is 12.1 Å². The Labute approximate surface area is 53.5 Å². The lowest BCUT2D eigenvalue weighted by Crippen LogP contribution is -1.77. The topological polar surface area (TPSA) is 24.9 Å². The molecule has 0 atom stereocenters. The molecule has 0 aliphatic rings. The standard InChI is InChI=1S/C5H6N2S/c8-7-5-1-3-6-4-2-5/h1-4,8H,(H,6,7). The van der Waals surface area contributed by atoms with Crippen molar-refractivity contribution in [2.45, 2.75) is 0 Å². The van der Waals surface area contributed by atoms with E-state index in [-0.39, 0.29) is 0 Å². The Hall–Kier alpha value is -0.700. The van der Waals surface area contributed by atoms with E-state index in [2.05, 4.69) is 22.5 Å². The highest BCUT2D eigenvalue weighted by Crippen LogP contribution is 2.02. The van der Waals surface area contributed by atoms with E-state index >= 15 is 0 Å². The zero-order valence-electron chi connectivity index (χ0n) is 4.20. The second-order valence-corrected chi connectivity index (χ2v) is 1.57. The number of nitrogens with one attached hydrogen (secondary N) is 1. The smallest absolute Gasteiger partial charge is 0.0468 e. The van der Waals surface area contributed by atoms with E-state index in [1.165, 1.54) is 0 Å². The predicted octanol–water partition coefficient (Wildman–Crippen LogP) is 1.34. The van der Waals surface area contributed by atoms with Crippen molar-refractivity contribution in [2.24, 2.45) is 0 Å². The molecule has 3 heteroatoms. The van der Waals surface area contributed by atoms with Crippen molar-refractivity contribution >= 4 is 18.5 Å². The van der Waals surface area contributed by atoms with E-state index in [1.54, 1.807) is 12.4 Å². The summed E-state index contributed by atoms with van der Waals surface area (Å²) in [5.41, 5.74) is 0.961. The van der Waals surface area contributed by atoms with Crippen LogP contribution in [0, 0.1) is 0 Å². The molecule has 1 N–H and O–H groups in total. The second kappa shape index (κ2) is 2.57. The van der Waals surface area contributed by atoms with Gasteiger partial charge in [-0.2, -0.15) is 0 Å². The number of thiol groups is 1. The van der Waals surface area contributed by atoms with Gasteiger partial charge in [0.25, 0.3) is 0 Å². The molecule has 0 bridgehead atoms. The van der Waals surface area contributed by atoms with Gasteiger partial charge in [0.2, 0.25) is 0 Å². The summed E-state index contributed by atoms with van der Waals surface area (Å²) >= 11 is 3.83. The van der Waals surface area contributed by atoms with Gasteiger partial charge in [-0.1, -0.05) is 12.8 Å². The second-order valence-electron chi connectivity index (χ2n) is 1.35. The maximum atomic E-state index is 3.83. The molecule has 0 aliphatic carbocycles. The minimum atomic E-state index is 0.961. The minimum Gasteiger partial charge on any atom is -0.332 e. The van der Waals surface area contributed by atoms with Crippen LogP contribution < -0.4 is 4.72 Å². The van der Waals surface area contributed by atoms with Crippen molar-refractivity contribution in [3.63, 3.8) is 0 Å². The molecule has 0 radical (unpaired) electrons. The molecule has 2 nitrogen and oxygen atoms in total. The summed E-state index contributed by atoms with van der Waals surface area (Å²) in [6, 6.07) is 3.68. The number of hydrogen-bond acceptors (Lipinski definition) is 3. The van der Waals surface area contributed by atoms with E-state index in [1.807, 2.05) is 12.1 Å². The fourth-order valence-corrected chi connectivity index (χ4v) is 0.576. The Morgan fingerprint density at radius 3 is 2.38 bits per heavy atom. The fraction of sp³-hybridized carbons (Fsp3) is 0. The highest BCUT2D eigenvalue weighted by molar-refractivity contribution is 7.81. The highest BCUT2D eigenvalue weighted by Gasteiger charge is 1.79. The Kier molecular flexibility index (Phi) is 1.75. The first-order valence-electron chi connectivity index (χ1n) is 2.23. The lowest BCUT2D eigenvalue weighted by Gasteiger charge is -1.92. The molecule has 0 amide bonds. The molecule has 0 aromatic carbocycles. The molecule has 1 aromatic heterocycles. The predicted molar refractivity (Wildman–Crippen MR) is 36.8 cm³/mol. The Bertz CT molecular complexity index is 152. The monoisotopic (exact) mass is 126 g/mol. The van der Waals surface area contributed by atoms with Crippen LogP contribution in [0.3, 0.4) is 0 Å². The summed E-state index contributed by atoms with van der Waals surface area (Å²) < 4.78 is 2.68. The Morgan fingerprint density at radius 2 is 2.00 bits per heavy atom. The normalized spacial score (nSPS) is 8.62. The quantitative estimate of drug-likeness (QED) is 0.555. The average Bonchev–Trinajstić information content (AvgIpc) is 1.90. The molecule has 1 heterocycles. The third-order valence-corrected chi connectivity index (χ3v) is 1.07. The molecule has 1 aromatic rings. The van der Waals surface area contributed by atoms with Gasteiger partial charge in [0.15, 0.2) is 0 Å². The summed E-state index contributed by atoms with van der Waals surface area (Å²) in [6.07, 6.45) is 3.41. The summed E-state index contributed by atoms with van der Waals surface area (Å²) in [7, 11) is 0. The zero-order chi connectivity index (χ0) is 5.82. The first kappa shape index (κ1) is 5.44. The van der Waals surface area contributed by atoms with Crippen LogP contribution in [0.4, 0.5) is 5.69 Å². The van der Waals surface area contributed by atoms with Crippen LogP contribution in [-0.4, -0.2) is 4.98 Å². The van der Waals surface area contributed by atoms with Crippen molar-refractivity contribution in [1.29, 1.82) is 0 Å². The molecule has 1 rings (SSSR count). The van der Waals surface area contributed by atoms with Gasteiger partial charge in [0, 0.05) is 18.1 Å². The molecule has 0 saturated carbocycles. The van der Waals surface area contributed by atoms with Crippen LogP contribution in [0.1, 0.15) is 0 Å². The Morgan fingerprint density at radius 1 is 1.38 bits per heavy atom. The fourth-order valence-electron chi connectivity index (χ4n) is 0.426. The number of pyridine rings is 1. The summed E-state index contributed by atoms with van der Waals surface area (Å²) in [4.78, 5) is 3.82. The van der Waals surface area contributed by atoms with Crippen LogP contribution >= 0.6 is 12.8 Å². The van der Waals surface area contributed by atoms with Gasteiger partial charge in [0.05, 0.1) is 0 Å². The number of rotatable bonds is 1. The number of aromatic nitrogens is 1. The van der Waals surface area contributed by atoms with E-state index in [9.17, 15) is 0 Å². The van der Waals surface area contributed by atoms with Gasteiger partial charge >= 0.3 is 0 Å². The van der Waals surface area contributed by atoms with Crippen molar-refractivity contribution in [3.05, 3.63) is 24.5 Å². The SMILES string of the molecule is SNc1ccncc1.